The summed E-state index contributed by atoms with van der Waals surface area (Å²) in [5.74, 6) is 0.956. The average Bonchev–Trinajstić information content (AvgIpc) is 3.14. The van der Waals surface area contributed by atoms with Gasteiger partial charge in [0.1, 0.15) is 5.82 Å². The highest BCUT2D eigenvalue weighted by Crippen LogP contribution is 2.36. The monoisotopic (exact) mass is 405 g/mol. The first-order chi connectivity index (χ1) is 14.4. The van der Waals surface area contributed by atoms with E-state index in [1.54, 1.807) is 0 Å². The Morgan fingerprint density at radius 2 is 1.83 bits per heavy atom. The van der Waals surface area contributed by atoms with Crippen molar-refractivity contribution in [3.8, 4) is 0 Å². The number of para-hydroxylation sites is 2. The Bertz CT molecular complexity index is 1050. The van der Waals surface area contributed by atoms with Crippen molar-refractivity contribution in [1.82, 2.24) is 14.9 Å². The van der Waals surface area contributed by atoms with Crippen molar-refractivity contribution in [2.75, 3.05) is 13.2 Å². The summed E-state index contributed by atoms with van der Waals surface area (Å²) in [5.41, 5.74) is 3.74. The second-order valence-corrected chi connectivity index (χ2v) is 8.68. The lowest BCUT2D eigenvalue weighted by Gasteiger charge is -2.37. The van der Waals surface area contributed by atoms with Gasteiger partial charge in [0.05, 0.1) is 22.5 Å². The van der Waals surface area contributed by atoms with Crippen LogP contribution in [0, 0.1) is 6.92 Å². The third-order valence-corrected chi connectivity index (χ3v) is 6.23. The molecule has 0 radical (unpaired) electrons. The second kappa shape index (κ2) is 8.23. The van der Waals surface area contributed by atoms with Crippen LogP contribution in [0.15, 0.2) is 48.5 Å². The number of fused-ring (bicyclic) bond motifs is 1. The number of hydrogen-bond donors (Lipinski definition) is 1. The van der Waals surface area contributed by atoms with Crippen LogP contribution in [0.3, 0.4) is 0 Å². The molecule has 1 amide bonds. The van der Waals surface area contributed by atoms with Gasteiger partial charge in [-0.25, -0.2) is 4.98 Å². The number of rotatable bonds is 5. The molecule has 5 heteroatoms. The van der Waals surface area contributed by atoms with Gasteiger partial charge < -0.3 is 14.6 Å². The zero-order valence-electron chi connectivity index (χ0n) is 18.3. The zero-order valence-corrected chi connectivity index (χ0v) is 18.3. The first-order valence-electron chi connectivity index (χ1n) is 10.8. The lowest BCUT2D eigenvalue weighted by atomic mass is 9.73. The van der Waals surface area contributed by atoms with Crippen LogP contribution in [0.1, 0.15) is 62.6 Å². The van der Waals surface area contributed by atoms with Crippen molar-refractivity contribution < 1.29 is 9.53 Å². The summed E-state index contributed by atoms with van der Waals surface area (Å²) >= 11 is 0. The SMILES string of the molecule is Cc1cccc(C2(C(=O)NC(C)c3nc4ccccc4n3C(C)C)CCOCC2)c1. The van der Waals surface area contributed by atoms with E-state index in [-0.39, 0.29) is 18.0 Å². The summed E-state index contributed by atoms with van der Waals surface area (Å²) in [4.78, 5) is 18.6. The normalized spacial score (nSPS) is 17.2. The van der Waals surface area contributed by atoms with Gasteiger partial charge in [0.25, 0.3) is 0 Å². The van der Waals surface area contributed by atoms with Crippen molar-refractivity contribution in [3.63, 3.8) is 0 Å². The molecule has 1 atom stereocenters. The predicted octanol–water partition coefficient (Wildman–Crippen LogP) is 4.85. The number of nitrogens with zero attached hydrogens (tertiary/aromatic N) is 2. The maximum absolute atomic E-state index is 13.7. The van der Waals surface area contributed by atoms with Crippen LogP contribution in [0.4, 0.5) is 0 Å². The smallest absolute Gasteiger partial charge is 0.231 e. The number of imidazole rings is 1. The summed E-state index contributed by atoms with van der Waals surface area (Å²) in [5, 5.41) is 3.30. The summed E-state index contributed by atoms with van der Waals surface area (Å²) in [6, 6.07) is 16.5. The molecule has 2 aromatic carbocycles. The molecule has 1 fully saturated rings. The van der Waals surface area contributed by atoms with Gasteiger partial charge in [-0.2, -0.15) is 0 Å². The van der Waals surface area contributed by atoms with Crippen LogP contribution in [0.2, 0.25) is 0 Å². The summed E-state index contributed by atoms with van der Waals surface area (Å²) in [7, 11) is 0. The van der Waals surface area contributed by atoms with Gasteiger partial charge in [0.15, 0.2) is 0 Å². The Hall–Kier alpha value is -2.66. The molecule has 1 unspecified atom stereocenters. The van der Waals surface area contributed by atoms with E-state index in [1.165, 1.54) is 5.56 Å². The van der Waals surface area contributed by atoms with Crippen molar-refractivity contribution in [1.29, 1.82) is 0 Å². The molecule has 0 saturated carbocycles. The van der Waals surface area contributed by atoms with E-state index in [1.807, 2.05) is 31.2 Å². The van der Waals surface area contributed by atoms with Crippen LogP contribution in [-0.4, -0.2) is 28.7 Å². The third kappa shape index (κ3) is 3.63. The summed E-state index contributed by atoms with van der Waals surface area (Å²) in [6.07, 6.45) is 1.38. The Morgan fingerprint density at radius 3 is 2.53 bits per heavy atom. The van der Waals surface area contributed by atoms with Gasteiger partial charge in [0.2, 0.25) is 5.91 Å². The van der Waals surface area contributed by atoms with E-state index < -0.39 is 5.41 Å². The fraction of sp³-hybridized carbons (Fsp3) is 0.440. The Kier molecular flexibility index (Phi) is 5.65. The molecule has 0 bridgehead atoms. The van der Waals surface area contributed by atoms with Crippen LogP contribution in [0.25, 0.3) is 11.0 Å². The third-order valence-electron chi connectivity index (χ3n) is 6.23. The van der Waals surface area contributed by atoms with Gasteiger partial charge >= 0.3 is 0 Å². The molecule has 1 aliphatic heterocycles. The molecule has 3 aromatic rings. The molecule has 158 valence electrons. The van der Waals surface area contributed by atoms with E-state index in [4.69, 9.17) is 9.72 Å². The quantitative estimate of drug-likeness (QED) is 0.660. The molecule has 0 spiro atoms. The minimum atomic E-state index is -0.562. The van der Waals surface area contributed by atoms with Crippen LogP contribution < -0.4 is 5.32 Å². The molecule has 1 aromatic heterocycles. The standard InChI is InChI=1S/C25H31N3O2/c1-17(2)28-22-11-6-5-10-21(22)27-23(28)19(4)26-24(29)25(12-14-30-15-13-25)20-9-7-8-18(3)16-20/h5-11,16-17,19H,12-15H2,1-4H3,(H,26,29). The molecule has 4 rings (SSSR count). The van der Waals surface area contributed by atoms with Gasteiger partial charge in [-0.3, -0.25) is 4.79 Å². The molecule has 1 N–H and O–H groups in total. The van der Waals surface area contributed by atoms with Gasteiger partial charge in [0, 0.05) is 19.3 Å². The number of carbonyl (C=O) groups excluding carboxylic acids is 1. The molecule has 2 heterocycles. The molecular formula is C25H31N3O2. The van der Waals surface area contributed by atoms with Crippen molar-refractivity contribution in [2.45, 2.75) is 58.0 Å². The first-order valence-corrected chi connectivity index (χ1v) is 10.8. The Balaban J connectivity index is 1.68. The number of benzene rings is 2. The number of aryl methyl sites for hydroxylation is 1. The minimum absolute atomic E-state index is 0.0614. The number of aromatic nitrogens is 2. The highest BCUT2D eigenvalue weighted by atomic mass is 16.5. The highest BCUT2D eigenvalue weighted by molar-refractivity contribution is 5.89. The topological polar surface area (TPSA) is 56.2 Å². The lowest BCUT2D eigenvalue weighted by molar-refractivity contribution is -0.131. The lowest BCUT2D eigenvalue weighted by Crippen LogP contribution is -2.49. The van der Waals surface area contributed by atoms with Crippen molar-refractivity contribution in [2.24, 2.45) is 0 Å². The fourth-order valence-corrected chi connectivity index (χ4v) is 4.62. The number of amides is 1. The first kappa shape index (κ1) is 20.6. The van der Waals surface area contributed by atoms with E-state index in [0.29, 0.717) is 26.1 Å². The van der Waals surface area contributed by atoms with Crippen LogP contribution in [0.5, 0.6) is 0 Å². The second-order valence-electron chi connectivity index (χ2n) is 8.68. The summed E-state index contributed by atoms with van der Waals surface area (Å²) in [6.45, 7) is 9.60. The maximum atomic E-state index is 13.7. The van der Waals surface area contributed by atoms with E-state index >= 15 is 0 Å². The minimum Gasteiger partial charge on any atom is -0.381 e. The molecular weight excluding hydrogens is 374 g/mol. The van der Waals surface area contributed by atoms with Crippen molar-refractivity contribution in [3.05, 3.63) is 65.5 Å². The van der Waals surface area contributed by atoms with E-state index in [2.05, 4.69) is 54.9 Å². The van der Waals surface area contributed by atoms with E-state index in [9.17, 15) is 4.79 Å². The van der Waals surface area contributed by atoms with Crippen LogP contribution in [-0.2, 0) is 14.9 Å². The highest BCUT2D eigenvalue weighted by Gasteiger charge is 2.42. The predicted molar refractivity (Wildman–Crippen MR) is 120 cm³/mol. The molecule has 5 nitrogen and oxygen atoms in total. The average molecular weight is 406 g/mol. The fourth-order valence-electron chi connectivity index (χ4n) is 4.62. The Morgan fingerprint density at radius 1 is 1.10 bits per heavy atom. The van der Waals surface area contributed by atoms with Gasteiger partial charge in [-0.1, -0.05) is 42.0 Å². The number of hydrogen-bond acceptors (Lipinski definition) is 3. The molecule has 1 saturated heterocycles. The van der Waals surface area contributed by atoms with Gasteiger partial charge in [-0.05, 0) is 58.2 Å². The van der Waals surface area contributed by atoms with E-state index in [0.717, 1.165) is 22.4 Å². The van der Waals surface area contributed by atoms with Crippen molar-refractivity contribution >= 4 is 16.9 Å². The van der Waals surface area contributed by atoms with Crippen LogP contribution >= 0.6 is 0 Å². The largest absolute Gasteiger partial charge is 0.381 e. The maximum Gasteiger partial charge on any atom is 0.231 e. The number of nitrogens with one attached hydrogen (secondary N) is 1. The Labute approximate surface area is 178 Å². The summed E-state index contributed by atoms with van der Waals surface area (Å²) < 4.78 is 7.84. The number of carbonyl (C=O) groups is 1. The number of ether oxygens (including phenoxy) is 1. The zero-order chi connectivity index (χ0) is 21.3. The molecule has 0 aliphatic carbocycles. The van der Waals surface area contributed by atoms with Gasteiger partial charge in [-0.15, -0.1) is 0 Å². The molecule has 30 heavy (non-hydrogen) atoms. The molecule has 1 aliphatic rings.